The normalized spacial score (nSPS) is 11.2. The van der Waals surface area contributed by atoms with Crippen molar-refractivity contribution in [2.24, 2.45) is 7.05 Å². The van der Waals surface area contributed by atoms with E-state index < -0.39 is 12.5 Å². The molecule has 1 amide bonds. The van der Waals surface area contributed by atoms with Gasteiger partial charge in [0.15, 0.2) is 5.75 Å². The number of carbonyl (C=O) groups excluding carboxylic acids is 1. The Kier molecular flexibility index (Phi) is 8.35. The van der Waals surface area contributed by atoms with Gasteiger partial charge in [0, 0.05) is 50.3 Å². The number of aryl methyl sites for hydroxylation is 1. The average Bonchev–Trinajstić information content (AvgIpc) is 3.28. The summed E-state index contributed by atoms with van der Waals surface area (Å²) in [7, 11) is 7.51. The van der Waals surface area contributed by atoms with Gasteiger partial charge in [0.2, 0.25) is 5.91 Å². The summed E-state index contributed by atoms with van der Waals surface area (Å²) in [6.45, 7) is 1.71. The number of fused-ring (bicyclic) bond motifs is 1. The van der Waals surface area contributed by atoms with Crippen molar-refractivity contribution in [1.82, 2.24) is 24.6 Å². The Hall–Kier alpha value is -4.58. The van der Waals surface area contributed by atoms with Crippen LogP contribution in [0.25, 0.3) is 22.2 Å². The molecule has 10 nitrogen and oxygen atoms in total. The number of benzene rings is 2. The molecule has 0 aliphatic heterocycles. The van der Waals surface area contributed by atoms with Crippen LogP contribution in [0.5, 0.6) is 5.75 Å². The van der Waals surface area contributed by atoms with Gasteiger partial charge in [-0.1, -0.05) is 18.7 Å². The van der Waals surface area contributed by atoms with Crippen LogP contribution in [0.2, 0.25) is 0 Å². The third-order valence-corrected chi connectivity index (χ3v) is 6.03. The van der Waals surface area contributed by atoms with Crippen molar-refractivity contribution in [3.8, 4) is 17.0 Å². The standard InChI is InChI=1S/C27H30F2N8O2/c1-6-26(38)34-20-12-21(24(39-27(28)29)14-23(20)36(4)10-9-35(2)3)33-25-13-19(30-16-31-25)17-7-8-18-15-32-37(5)22(18)11-17/h6-8,11-16,27H,1,9-10H2,2-5H3,(H,34,38)(H,30,31,33). The van der Waals surface area contributed by atoms with Crippen molar-refractivity contribution in [2.75, 3.05) is 49.8 Å². The van der Waals surface area contributed by atoms with E-state index >= 15 is 0 Å². The molecule has 0 unspecified atom stereocenters. The Morgan fingerprint density at radius 3 is 2.64 bits per heavy atom. The summed E-state index contributed by atoms with van der Waals surface area (Å²) >= 11 is 0. The molecule has 0 spiro atoms. The quantitative estimate of drug-likeness (QED) is 0.271. The number of rotatable bonds is 11. The van der Waals surface area contributed by atoms with E-state index in [2.05, 4.69) is 32.3 Å². The summed E-state index contributed by atoms with van der Waals surface area (Å²) in [6.07, 6.45) is 4.29. The van der Waals surface area contributed by atoms with Gasteiger partial charge in [-0.2, -0.15) is 13.9 Å². The lowest BCUT2D eigenvalue weighted by atomic mass is 10.1. The van der Waals surface area contributed by atoms with E-state index in [-0.39, 0.29) is 11.4 Å². The van der Waals surface area contributed by atoms with Gasteiger partial charge in [-0.15, -0.1) is 0 Å². The van der Waals surface area contributed by atoms with E-state index in [1.165, 1.54) is 18.5 Å². The van der Waals surface area contributed by atoms with Gasteiger partial charge in [-0.05, 0) is 32.3 Å². The van der Waals surface area contributed by atoms with Crippen LogP contribution in [0.15, 0.2) is 61.6 Å². The maximum absolute atomic E-state index is 13.4. The number of ether oxygens (including phenoxy) is 1. The largest absolute Gasteiger partial charge is 0.433 e. The first-order valence-electron chi connectivity index (χ1n) is 12.1. The van der Waals surface area contributed by atoms with Crippen LogP contribution in [-0.2, 0) is 11.8 Å². The van der Waals surface area contributed by atoms with Crippen LogP contribution in [0.4, 0.5) is 31.7 Å². The lowest BCUT2D eigenvalue weighted by Crippen LogP contribution is -2.29. The highest BCUT2D eigenvalue weighted by Crippen LogP contribution is 2.39. The molecule has 0 saturated heterocycles. The second-order valence-electron chi connectivity index (χ2n) is 9.12. The molecule has 0 saturated carbocycles. The van der Waals surface area contributed by atoms with Crippen LogP contribution >= 0.6 is 0 Å². The molecule has 0 aliphatic rings. The fourth-order valence-corrected chi connectivity index (χ4v) is 3.96. The van der Waals surface area contributed by atoms with Crippen LogP contribution in [0, 0.1) is 0 Å². The van der Waals surface area contributed by atoms with E-state index in [1.807, 2.05) is 49.1 Å². The molecule has 2 aromatic carbocycles. The predicted octanol–water partition coefficient (Wildman–Crippen LogP) is 4.50. The van der Waals surface area contributed by atoms with Crippen molar-refractivity contribution < 1.29 is 18.3 Å². The van der Waals surface area contributed by atoms with Crippen molar-refractivity contribution in [2.45, 2.75) is 6.61 Å². The second kappa shape index (κ2) is 11.9. The van der Waals surface area contributed by atoms with E-state index in [9.17, 15) is 13.6 Å². The third kappa shape index (κ3) is 6.65. The number of alkyl halides is 2. The molecular weight excluding hydrogens is 506 g/mol. The average molecular weight is 537 g/mol. The molecule has 0 bridgehead atoms. The summed E-state index contributed by atoms with van der Waals surface area (Å²) in [4.78, 5) is 24.7. The molecule has 0 aliphatic carbocycles. The molecule has 0 radical (unpaired) electrons. The van der Waals surface area contributed by atoms with Gasteiger partial charge in [-0.25, -0.2) is 9.97 Å². The fourth-order valence-electron chi connectivity index (χ4n) is 3.96. The molecule has 0 atom stereocenters. The number of anilines is 4. The monoisotopic (exact) mass is 536 g/mol. The highest BCUT2D eigenvalue weighted by molar-refractivity contribution is 6.02. The highest BCUT2D eigenvalue weighted by atomic mass is 19.3. The number of hydrogen-bond acceptors (Lipinski definition) is 8. The molecular formula is C27H30F2N8O2. The minimum atomic E-state index is -3.06. The van der Waals surface area contributed by atoms with Crippen molar-refractivity contribution in [1.29, 1.82) is 0 Å². The van der Waals surface area contributed by atoms with E-state index in [4.69, 9.17) is 4.74 Å². The summed E-state index contributed by atoms with van der Waals surface area (Å²) < 4.78 is 33.5. The summed E-state index contributed by atoms with van der Waals surface area (Å²) in [5.41, 5.74) is 3.46. The number of nitrogens with zero attached hydrogens (tertiary/aromatic N) is 6. The molecule has 4 aromatic rings. The highest BCUT2D eigenvalue weighted by Gasteiger charge is 2.19. The van der Waals surface area contributed by atoms with Crippen molar-refractivity contribution in [3.63, 3.8) is 0 Å². The second-order valence-corrected chi connectivity index (χ2v) is 9.12. The van der Waals surface area contributed by atoms with Crippen molar-refractivity contribution in [3.05, 3.63) is 61.6 Å². The lowest BCUT2D eigenvalue weighted by molar-refractivity contribution is -0.111. The first-order chi connectivity index (χ1) is 18.6. The maximum Gasteiger partial charge on any atom is 0.387 e. The molecule has 12 heteroatoms. The molecule has 2 N–H and O–H groups in total. The number of aromatic nitrogens is 4. The number of nitrogens with one attached hydrogen (secondary N) is 2. The smallest absolute Gasteiger partial charge is 0.387 e. The molecule has 2 heterocycles. The van der Waals surface area contributed by atoms with Crippen LogP contribution in [-0.4, -0.2) is 71.4 Å². The van der Waals surface area contributed by atoms with Gasteiger partial charge in [-0.3, -0.25) is 9.48 Å². The van der Waals surface area contributed by atoms with Gasteiger partial charge < -0.3 is 25.2 Å². The van der Waals surface area contributed by atoms with Crippen molar-refractivity contribution >= 4 is 39.7 Å². The SMILES string of the molecule is C=CC(=O)Nc1cc(Nc2cc(-c3ccc4cnn(C)c4c3)ncn2)c(OC(F)F)cc1N(C)CCN(C)C. The Balaban J connectivity index is 1.72. The van der Waals surface area contributed by atoms with Crippen LogP contribution < -0.4 is 20.3 Å². The predicted molar refractivity (Wildman–Crippen MR) is 149 cm³/mol. The topological polar surface area (TPSA) is 100 Å². The Morgan fingerprint density at radius 2 is 1.92 bits per heavy atom. The Bertz CT molecular complexity index is 1490. The first kappa shape index (κ1) is 27.5. The minimum absolute atomic E-state index is 0.107. The van der Waals surface area contributed by atoms with Gasteiger partial charge in [0.05, 0.1) is 34.5 Å². The zero-order valence-electron chi connectivity index (χ0n) is 22.2. The van der Waals surface area contributed by atoms with E-state index in [0.29, 0.717) is 36.0 Å². The molecule has 39 heavy (non-hydrogen) atoms. The zero-order valence-corrected chi connectivity index (χ0v) is 22.2. The van der Waals surface area contributed by atoms with E-state index in [0.717, 1.165) is 22.5 Å². The number of likely N-dealkylation sites (N-methyl/N-ethyl adjacent to an activating group) is 2. The third-order valence-electron chi connectivity index (χ3n) is 6.03. The molecule has 0 fully saturated rings. The number of halogens is 2. The van der Waals surface area contributed by atoms with Gasteiger partial charge in [0.1, 0.15) is 12.1 Å². The summed E-state index contributed by atoms with van der Waals surface area (Å²) in [6, 6.07) is 10.5. The Morgan fingerprint density at radius 1 is 1.13 bits per heavy atom. The molecule has 2 aromatic heterocycles. The Labute approximate surface area is 224 Å². The van der Waals surface area contributed by atoms with Gasteiger partial charge >= 0.3 is 6.61 Å². The van der Waals surface area contributed by atoms with E-state index in [1.54, 1.807) is 24.0 Å². The maximum atomic E-state index is 13.4. The zero-order chi connectivity index (χ0) is 28.1. The summed E-state index contributed by atoms with van der Waals surface area (Å²) in [5.74, 6) is -0.204. The van der Waals surface area contributed by atoms with Gasteiger partial charge in [0.25, 0.3) is 0 Å². The summed E-state index contributed by atoms with van der Waals surface area (Å²) in [5, 5.41) is 11.1. The van der Waals surface area contributed by atoms with Crippen LogP contribution in [0.1, 0.15) is 0 Å². The number of hydrogen-bond donors (Lipinski definition) is 2. The number of amides is 1. The molecule has 4 rings (SSSR count). The number of carbonyl (C=O) groups is 1. The van der Waals surface area contributed by atoms with Crippen LogP contribution in [0.3, 0.4) is 0 Å². The minimum Gasteiger partial charge on any atom is -0.433 e. The first-order valence-corrected chi connectivity index (χ1v) is 12.1. The lowest BCUT2D eigenvalue weighted by Gasteiger charge is -2.26. The molecule has 204 valence electrons. The fraction of sp³-hybridized carbons (Fsp3) is 0.259.